The molecule has 8 heteroatoms. The zero-order valence-electron chi connectivity index (χ0n) is 16.6. The van der Waals surface area contributed by atoms with Gasteiger partial charge in [-0.1, -0.05) is 18.2 Å². The number of alkyl halides is 3. The largest absolute Gasteiger partial charge is 0.416 e. The number of amides is 2. The molecule has 0 atom stereocenters. The minimum absolute atomic E-state index is 0.106. The number of halogens is 3. The van der Waals surface area contributed by atoms with Gasteiger partial charge in [-0.3, -0.25) is 9.59 Å². The van der Waals surface area contributed by atoms with Gasteiger partial charge in [-0.05, 0) is 42.8 Å². The number of hydrogen-bond acceptors (Lipinski definition) is 3. The number of nitrogens with zero attached hydrogens (tertiary/aromatic N) is 2. The molecule has 1 N–H and O–H groups in total. The molecule has 0 unspecified atom stereocenters. The van der Waals surface area contributed by atoms with E-state index < -0.39 is 11.7 Å². The second-order valence-corrected chi connectivity index (χ2v) is 6.74. The van der Waals surface area contributed by atoms with E-state index in [0.717, 1.165) is 17.7 Å². The summed E-state index contributed by atoms with van der Waals surface area (Å²) in [7, 11) is 3.34. The predicted octanol–water partition coefficient (Wildman–Crippen LogP) is 3.87. The molecule has 0 heterocycles. The van der Waals surface area contributed by atoms with Gasteiger partial charge in [0.25, 0.3) is 5.91 Å². The molecule has 156 valence electrons. The number of benzene rings is 2. The normalized spacial score (nSPS) is 11.1. The second-order valence-electron chi connectivity index (χ2n) is 6.74. The van der Waals surface area contributed by atoms with Crippen LogP contribution >= 0.6 is 0 Å². The molecule has 0 saturated heterocycles. The zero-order valence-corrected chi connectivity index (χ0v) is 16.6. The Bertz CT molecular complexity index is 849. The summed E-state index contributed by atoms with van der Waals surface area (Å²) in [6.07, 6.45) is -4.43. The average Bonchev–Trinajstić information content (AvgIpc) is 2.69. The Labute approximate surface area is 168 Å². The molecule has 0 fully saturated rings. The van der Waals surface area contributed by atoms with Crippen molar-refractivity contribution in [3.05, 3.63) is 65.2 Å². The van der Waals surface area contributed by atoms with Crippen molar-refractivity contribution >= 4 is 17.5 Å². The highest BCUT2D eigenvalue weighted by Crippen LogP contribution is 2.30. The first kappa shape index (κ1) is 22.3. The highest BCUT2D eigenvalue weighted by atomic mass is 19.4. The van der Waals surface area contributed by atoms with E-state index in [0.29, 0.717) is 18.7 Å². The summed E-state index contributed by atoms with van der Waals surface area (Å²) in [6, 6.07) is 11.7. The van der Waals surface area contributed by atoms with Gasteiger partial charge in [-0.2, -0.15) is 13.2 Å². The molecule has 0 spiro atoms. The van der Waals surface area contributed by atoms with Crippen LogP contribution in [0.4, 0.5) is 18.9 Å². The summed E-state index contributed by atoms with van der Waals surface area (Å²) >= 11 is 0. The molecule has 2 rings (SSSR count). The molecular formula is C21H24F3N3O2. The van der Waals surface area contributed by atoms with Crippen LogP contribution < -0.4 is 5.32 Å². The molecule has 0 aliphatic carbocycles. The lowest BCUT2D eigenvalue weighted by Crippen LogP contribution is -2.35. The standard InChI is InChI=1S/C21H24F3N3O2/c1-4-27(14-15-8-10-16(11-9-15)20(29)26(2)3)19(28)13-25-18-7-5-6-17(12-18)21(22,23)24/h5-12,25H,4,13-14H2,1-3H3. The first-order valence-corrected chi connectivity index (χ1v) is 9.11. The van der Waals surface area contributed by atoms with Crippen LogP contribution in [0.25, 0.3) is 0 Å². The fraction of sp³-hybridized carbons (Fsp3) is 0.333. The third-order valence-electron chi connectivity index (χ3n) is 4.35. The topological polar surface area (TPSA) is 52.7 Å². The van der Waals surface area contributed by atoms with Crippen LogP contribution in [-0.4, -0.2) is 48.8 Å². The molecule has 0 aromatic heterocycles. The van der Waals surface area contributed by atoms with Crippen molar-refractivity contribution < 1.29 is 22.8 Å². The van der Waals surface area contributed by atoms with Gasteiger partial charge >= 0.3 is 6.18 Å². The predicted molar refractivity (Wildman–Crippen MR) is 105 cm³/mol. The summed E-state index contributed by atoms with van der Waals surface area (Å²) in [6.45, 7) is 2.50. The van der Waals surface area contributed by atoms with E-state index in [1.807, 2.05) is 6.92 Å². The van der Waals surface area contributed by atoms with Crippen molar-refractivity contribution in [2.45, 2.75) is 19.6 Å². The van der Waals surface area contributed by atoms with Crippen molar-refractivity contribution in [3.63, 3.8) is 0 Å². The Balaban J connectivity index is 1.98. The van der Waals surface area contributed by atoms with Crippen LogP contribution in [0.2, 0.25) is 0 Å². The van der Waals surface area contributed by atoms with E-state index in [2.05, 4.69) is 5.32 Å². The van der Waals surface area contributed by atoms with E-state index in [-0.39, 0.29) is 24.0 Å². The maximum absolute atomic E-state index is 12.8. The number of hydrogen-bond donors (Lipinski definition) is 1. The molecule has 2 amide bonds. The Hall–Kier alpha value is -3.03. The van der Waals surface area contributed by atoms with E-state index in [1.54, 1.807) is 43.3 Å². The molecule has 29 heavy (non-hydrogen) atoms. The molecule has 0 saturated carbocycles. The third-order valence-corrected chi connectivity index (χ3v) is 4.35. The molecule has 0 aliphatic rings. The minimum Gasteiger partial charge on any atom is -0.376 e. The minimum atomic E-state index is -4.43. The zero-order chi connectivity index (χ0) is 21.6. The fourth-order valence-corrected chi connectivity index (χ4v) is 2.70. The SMILES string of the molecule is CCN(Cc1ccc(C(=O)N(C)C)cc1)C(=O)CNc1cccc(C(F)(F)F)c1. The van der Waals surface area contributed by atoms with Crippen LogP contribution in [0.3, 0.4) is 0 Å². The summed E-state index contributed by atoms with van der Waals surface area (Å²) in [5.41, 5.74) is 0.874. The van der Waals surface area contributed by atoms with Gasteiger partial charge < -0.3 is 15.1 Å². The van der Waals surface area contributed by atoms with Crippen molar-refractivity contribution in [3.8, 4) is 0 Å². The summed E-state index contributed by atoms with van der Waals surface area (Å²) in [5.74, 6) is -0.344. The van der Waals surface area contributed by atoms with Crippen molar-refractivity contribution in [1.29, 1.82) is 0 Å². The lowest BCUT2D eigenvalue weighted by Gasteiger charge is -2.22. The van der Waals surface area contributed by atoms with Crippen LogP contribution in [0, 0.1) is 0 Å². The quantitative estimate of drug-likeness (QED) is 0.758. The van der Waals surface area contributed by atoms with Crippen LogP contribution in [-0.2, 0) is 17.5 Å². The van der Waals surface area contributed by atoms with Crippen molar-refractivity contribution in [2.24, 2.45) is 0 Å². The molecule has 2 aromatic rings. The lowest BCUT2D eigenvalue weighted by molar-refractivity contribution is -0.137. The number of nitrogens with one attached hydrogen (secondary N) is 1. The maximum atomic E-state index is 12.8. The van der Waals surface area contributed by atoms with Gasteiger partial charge in [0.05, 0.1) is 12.1 Å². The highest BCUT2D eigenvalue weighted by molar-refractivity contribution is 5.93. The van der Waals surface area contributed by atoms with Crippen LogP contribution in [0.5, 0.6) is 0 Å². The van der Waals surface area contributed by atoms with Gasteiger partial charge in [0.1, 0.15) is 0 Å². The first-order chi connectivity index (χ1) is 13.6. The van der Waals surface area contributed by atoms with Gasteiger partial charge in [-0.15, -0.1) is 0 Å². The van der Waals surface area contributed by atoms with Gasteiger partial charge in [-0.25, -0.2) is 0 Å². The number of carbonyl (C=O) groups excluding carboxylic acids is 2. The Morgan fingerprint density at radius 1 is 1.03 bits per heavy atom. The van der Waals surface area contributed by atoms with Gasteiger partial charge in [0, 0.05) is 38.4 Å². The molecule has 0 radical (unpaired) electrons. The highest BCUT2D eigenvalue weighted by Gasteiger charge is 2.30. The monoisotopic (exact) mass is 407 g/mol. The van der Waals surface area contributed by atoms with Crippen molar-refractivity contribution in [2.75, 3.05) is 32.5 Å². The van der Waals surface area contributed by atoms with Gasteiger partial charge in [0.2, 0.25) is 5.91 Å². The summed E-state index contributed by atoms with van der Waals surface area (Å²) in [5, 5.41) is 2.75. The van der Waals surface area contributed by atoms with Crippen LogP contribution in [0.1, 0.15) is 28.4 Å². The van der Waals surface area contributed by atoms with E-state index in [9.17, 15) is 22.8 Å². The smallest absolute Gasteiger partial charge is 0.376 e. The van der Waals surface area contributed by atoms with Crippen LogP contribution in [0.15, 0.2) is 48.5 Å². The molecular weight excluding hydrogens is 383 g/mol. The van der Waals surface area contributed by atoms with Gasteiger partial charge in [0.15, 0.2) is 0 Å². The molecule has 0 bridgehead atoms. The van der Waals surface area contributed by atoms with E-state index in [1.165, 1.54) is 17.0 Å². The Morgan fingerprint density at radius 2 is 1.69 bits per heavy atom. The number of anilines is 1. The summed E-state index contributed by atoms with van der Waals surface area (Å²) in [4.78, 5) is 27.5. The molecule has 0 aliphatic heterocycles. The second kappa shape index (κ2) is 9.45. The maximum Gasteiger partial charge on any atom is 0.416 e. The van der Waals surface area contributed by atoms with Crippen molar-refractivity contribution in [1.82, 2.24) is 9.80 Å². The first-order valence-electron chi connectivity index (χ1n) is 9.11. The average molecular weight is 407 g/mol. The molecule has 2 aromatic carbocycles. The number of carbonyl (C=O) groups is 2. The van der Waals surface area contributed by atoms with E-state index >= 15 is 0 Å². The Kier molecular flexibility index (Phi) is 7.25. The fourth-order valence-electron chi connectivity index (χ4n) is 2.70. The third kappa shape index (κ3) is 6.23. The number of rotatable bonds is 7. The Morgan fingerprint density at radius 3 is 2.24 bits per heavy atom. The lowest BCUT2D eigenvalue weighted by atomic mass is 10.1. The van der Waals surface area contributed by atoms with E-state index in [4.69, 9.17) is 0 Å². The molecule has 5 nitrogen and oxygen atoms in total. The number of likely N-dealkylation sites (N-methyl/N-ethyl adjacent to an activating group) is 1. The summed E-state index contributed by atoms with van der Waals surface area (Å²) < 4.78 is 38.4.